The van der Waals surface area contributed by atoms with E-state index in [9.17, 15) is 24.5 Å². The SMILES string of the molecule is Cc1cccc(NC(=O)COC(=O)C[C@@H]2C(=O)C[C@@H](C)[C@H]2C[N+](=O)[O-])c1. The zero-order chi connectivity index (χ0) is 19.3. The van der Waals surface area contributed by atoms with Gasteiger partial charge in [-0.2, -0.15) is 0 Å². The maximum absolute atomic E-state index is 12.0. The average molecular weight is 362 g/mol. The predicted molar refractivity (Wildman–Crippen MR) is 93.0 cm³/mol. The van der Waals surface area contributed by atoms with Crippen molar-refractivity contribution in [3.8, 4) is 0 Å². The van der Waals surface area contributed by atoms with Crippen LogP contribution in [0.4, 0.5) is 5.69 Å². The van der Waals surface area contributed by atoms with Gasteiger partial charge in [0.25, 0.3) is 5.91 Å². The zero-order valence-corrected chi connectivity index (χ0v) is 14.8. The molecule has 1 fully saturated rings. The third-order valence-electron chi connectivity index (χ3n) is 4.60. The van der Waals surface area contributed by atoms with E-state index in [1.165, 1.54) is 0 Å². The summed E-state index contributed by atoms with van der Waals surface area (Å²) >= 11 is 0. The van der Waals surface area contributed by atoms with Crippen LogP contribution in [0.15, 0.2) is 24.3 Å². The van der Waals surface area contributed by atoms with Crippen LogP contribution in [-0.4, -0.2) is 35.7 Å². The molecule has 0 aliphatic heterocycles. The van der Waals surface area contributed by atoms with Gasteiger partial charge in [-0.15, -0.1) is 0 Å². The minimum atomic E-state index is -0.720. The first-order valence-electron chi connectivity index (χ1n) is 8.43. The van der Waals surface area contributed by atoms with E-state index < -0.39 is 35.2 Å². The molecule has 1 saturated carbocycles. The standard InChI is InChI=1S/C18H22N2O6/c1-11-4-3-5-13(6-11)19-17(22)10-26-18(23)8-14-15(9-20(24)25)12(2)7-16(14)21/h3-6,12,14-15H,7-10H2,1-2H3,(H,19,22)/t12-,14+,15-/m1/s1. The molecule has 1 aromatic carbocycles. The number of aryl methyl sites for hydroxylation is 1. The molecule has 1 aliphatic rings. The molecular weight excluding hydrogens is 340 g/mol. The lowest BCUT2D eigenvalue weighted by atomic mass is 9.88. The molecule has 0 saturated heterocycles. The summed E-state index contributed by atoms with van der Waals surface area (Å²) in [5, 5.41) is 13.4. The molecule has 8 nitrogen and oxygen atoms in total. The minimum Gasteiger partial charge on any atom is -0.456 e. The van der Waals surface area contributed by atoms with Crippen LogP contribution in [0.1, 0.15) is 25.3 Å². The summed E-state index contributed by atoms with van der Waals surface area (Å²) in [6.07, 6.45) is -0.0102. The second-order valence-electron chi connectivity index (χ2n) is 6.72. The Morgan fingerprint density at radius 3 is 2.77 bits per heavy atom. The van der Waals surface area contributed by atoms with Crippen LogP contribution in [-0.2, 0) is 19.1 Å². The first-order valence-corrected chi connectivity index (χ1v) is 8.43. The number of nitro groups is 1. The number of hydrogen-bond acceptors (Lipinski definition) is 6. The highest BCUT2D eigenvalue weighted by molar-refractivity contribution is 5.93. The van der Waals surface area contributed by atoms with E-state index in [1.54, 1.807) is 25.1 Å². The van der Waals surface area contributed by atoms with Crippen molar-refractivity contribution in [2.45, 2.75) is 26.7 Å². The monoisotopic (exact) mass is 362 g/mol. The van der Waals surface area contributed by atoms with Gasteiger partial charge in [0.2, 0.25) is 6.54 Å². The zero-order valence-electron chi connectivity index (χ0n) is 14.8. The number of amides is 1. The van der Waals surface area contributed by atoms with Crippen molar-refractivity contribution < 1.29 is 24.0 Å². The Kier molecular flexibility index (Phi) is 6.43. The van der Waals surface area contributed by atoms with Crippen molar-refractivity contribution in [2.75, 3.05) is 18.5 Å². The van der Waals surface area contributed by atoms with Gasteiger partial charge in [0.15, 0.2) is 6.61 Å². The lowest BCUT2D eigenvalue weighted by Crippen LogP contribution is -2.28. The largest absolute Gasteiger partial charge is 0.456 e. The summed E-state index contributed by atoms with van der Waals surface area (Å²) in [7, 11) is 0. The molecule has 1 aromatic rings. The molecule has 1 aliphatic carbocycles. The van der Waals surface area contributed by atoms with E-state index in [0.717, 1.165) is 5.56 Å². The van der Waals surface area contributed by atoms with E-state index in [4.69, 9.17) is 4.74 Å². The topological polar surface area (TPSA) is 116 Å². The predicted octanol–water partition coefficient (Wildman–Crippen LogP) is 1.98. The van der Waals surface area contributed by atoms with Crippen molar-refractivity contribution >= 4 is 23.3 Å². The highest BCUT2D eigenvalue weighted by Crippen LogP contribution is 2.36. The molecule has 1 amide bonds. The molecule has 0 unspecified atom stereocenters. The molecule has 0 radical (unpaired) electrons. The van der Waals surface area contributed by atoms with Crippen LogP contribution in [0.5, 0.6) is 0 Å². The Morgan fingerprint density at radius 2 is 2.12 bits per heavy atom. The third-order valence-corrected chi connectivity index (χ3v) is 4.60. The number of benzene rings is 1. The first-order chi connectivity index (χ1) is 12.3. The van der Waals surface area contributed by atoms with Gasteiger partial charge >= 0.3 is 5.97 Å². The summed E-state index contributed by atoms with van der Waals surface area (Å²) in [6.45, 7) is 2.84. The van der Waals surface area contributed by atoms with Gasteiger partial charge in [0.05, 0.1) is 6.42 Å². The van der Waals surface area contributed by atoms with Gasteiger partial charge in [-0.3, -0.25) is 24.5 Å². The van der Waals surface area contributed by atoms with Gasteiger partial charge in [0, 0.05) is 28.9 Å². The Hall–Kier alpha value is -2.77. The molecule has 0 bridgehead atoms. The van der Waals surface area contributed by atoms with Gasteiger partial charge in [-0.05, 0) is 30.5 Å². The number of anilines is 1. The Bertz CT molecular complexity index is 717. The lowest BCUT2D eigenvalue weighted by Gasteiger charge is -2.17. The van der Waals surface area contributed by atoms with Crippen LogP contribution in [0.3, 0.4) is 0 Å². The highest BCUT2D eigenvalue weighted by Gasteiger charge is 2.44. The molecule has 140 valence electrons. The number of carbonyl (C=O) groups is 3. The van der Waals surface area contributed by atoms with Crippen LogP contribution < -0.4 is 5.32 Å². The highest BCUT2D eigenvalue weighted by atomic mass is 16.6. The number of Topliss-reactive ketones (excluding diaryl/α,β-unsaturated/α-hetero) is 1. The number of ketones is 1. The van der Waals surface area contributed by atoms with Crippen LogP contribution in [0, 0.1) is 34.8 Å². The van der Waals surface area contributed by atoms with E-state index in [-0.39, 0.29) is 31.1 Å². The number of nitrogens with one attached hydrogen (secondary N) is 1. The Balaban J connectivity index is 1.84. The van der Waals surface area contributed by atoms with Crippen molar-refractivity contribution in [3.63, 3.8) is 0 Å². The lowest BCUT2D eigenvalue weighted by molar-refractivity contribution is -0.490. The number of nitrogens with zero attached hydrogens (tertiary/aromatic N) is 1. The summed E-state index contributed by atoms with van der Waals surface area (Å²) < 4.78 is 4.93. The minimum absolute atomic E-state index is 0.143. The Labute approximate surface area is 151 Å². The molecule has 0 aromatic heterocycles. The smallest absolute Gasteiger partial charge is 0.307 e. The van der Waals surface area contributed by atoms with Crippen LogP contribution >= 0.6 is 0 Å². The Morgan fingerprint density at radius 1 is 1.38 bits per heavy atom. The quantitative estimate of drug-likeness (QED) is 0.450. The molecule has 3 atom stereocenters. The van der Waals surface area contributed by atoms with E-state index in [2.05, 4.69) is 5.32 Å². The summed E-state index contributed by atoms with van der Waals surface area (Å²) in [5.41, 5.74) is 1.57. The van der Waals surface area contributed by atoms with Crippen molar-refractivity contribution in [1.82, 2.24) is 0 Å². The van der Waals surface area contributed by atoms with Gasteiger partial charge in [0.1, 0.15) is 5.78 Å². The second kappa shape index (κ2) is 8.55. The van der Waals surface area contributed by atoms with E-state index in [0.29, 0.717) is 5.69 Å². The van der Waals surface area contributed by atoms with Gasteiger partial charge in [-0.1, -0.05) is 19.1 Å². The fraction of sp³-hybridized carbons (Fsp3) is 0.500. The molecular formula is C18H22N2O6. The van der Waals surface area contributed by atoms with Gasteiger partial charge < -0.3 is 10.1 Å². The molecule has 0 heterocycles. The number of carbonyl (C=O) groups excluding carboxylic acids is 3. The van der Waals surface area contributed by atoms with Crippen molar-refractivity contribution in [1.29, 1.82) is 0 Å². The van der Waals surface area contributed by atoms with Crippen molar-refractivity contribution in [3.05, 3.63) is 39.9 Å². The number of rotatable bonds is 7. The fourth-order valence-electron chi connectivity index (χ4n) is 3.30. The summed E-state index contributed by atoms with van der Waals surface area (Å²) in [5.74, 6) is -2.70. The maximum Gasteiger partial charge on any atom is 0.307 e. The molecule has 26 heavy (non-hydrogen) atoms. The van der Waals surface area contributed by atoms with E-state index >= 15 is 0 Å². The molecule has 1 N–H and O–H groups in total. The molecule has 2 rings (SSSR count). The maximum atomic E-state index is 12.0. The number of ether oxygens (including phenoxy) is 1. The average Bonchev–Trinajstić information content (AvgIpc) is 2.79. The molecule has 0 spiro atoms. The third kappa shape index (κ3) is 5.37. The first kappa shape index (κ1) is 19.6. The second-order valence-corrected chi connectivity index (χ2v) is 6.72. The normalized spacial score (nSPS) is 22.1. The van der Waals surface area contributed by atoms with Crippen LogP contribution in [0.25, 0.3) is 0 Å². The summed E-state index contributed by atoms with van der Waals surface area (Å²) in [4.78, 5) is 46.1. The van der Waals surface area contributed by atoms with Gasteiger partial charge in [-0.25, -0.2) is 0 Å². The van der Waals surface area contributed by atoms with Crippen LogP contribution in [0.2, 0.25) is 0 Å². The number of esters is 1. The molecule has 8 heteroatoms. The summed E-state index contributed by atoms with van der Waals surface area (Å²) in [6, 6.07) is 7.17. The number of hydrogen-bond donors (Lipinski definition) is 1. The van der Waals surface area contributed by atoms with Crippen molar-refractivity contribution in [2.24, 2.45) is 17.8 Å². The fourth-order valence-corrected chi connectivity index (χ4v) is 3.30. The van der Waals surface area contributed by atoms with E-state index in [1.807, 2.05) is 13.0 Å².